The maximum absolute atomic E-state index is 13.4. The molecule has 4 heteroatoms. The lowest BCUT2D eigenvalue weighted by atomic mass is 9.90. The molecule has 0 aromatic heterocycles. The number of ether oxygens (including phenoxy) is 1. The summed E-state index contributed by atoms with van der Waals surface area (Å²) in [7, 11) is 1.63. The molecule has 1 saturated carbocycles. The van der Waals surface area contributed by atoms with Crippen LogP contribution in [0.4, 0.5) is 4.39 Å². The summed E-state index contributed by atoms with van der Waals surface area (Å²) in [5.41, 5.74) is 6.89. The van der Waals surface area contributed by atoms with Crippen LogP contribution in [0.2, 0.25) is 0 Å². The summed E-state index contributed by atoms with van der Waals surface area (Å²) in [6.07, 6.45) is 4.43. The summed E-state index contributed by atoms with van der Waals surface area (Å²) >= 11 is 0. The second-order valence-corrected chi connectivity index (χ2v) is 5.59. The second-order valence-electron chi connectivity index (χ2n) is 5.59. The summed E-state index contributed by atoms with van der Waals surface area (Å²) in [4.78, 5) is 2.41. The van der Waals surface area contributed by atoms with E-state index in [-0.39, 0.29) is 5.82 Å². The first kappa shape index (κ1) is 15.3. The van der Waals surface area contributed by atoms with E-state index in [1.54, 1.807) is 19.2 Å². The van der Waals surface area contributed by atoms with Crippen molar-refractivity contribution in [3.05, 3.63) is 29.6 Å². The minimum absolute atomic E-state index is 0.206. The molecule has 0 radical (unpaired) electrons. The quantitative estimate of drug-likeness (QED) is 0.901. The third-order valence-electron chi connectivity index (χ3n) is 4.28. The fourth-order valence-corrected chi connectivity index (χ4v) is 3.06. The Morgan fingerprint density at radius 3 is 2.60 bits per heavy atom. The molecule has 0 bridgehead atoms. The topological polar surface area (TPSA) is 38.5 Å². The van der Waals surface area contributed by atoms with Gasteiger partial charge in [0.2, 0.25) is 0 Å². The van der Waals surface area contributed by atoms with Crippen LogP contribution in [-0.2, 0) is 6.54 Å². The standard InChI is InChI=1S/C16H25FN2O/c1-3-19(15-7-5-14(18)6-8-15)11-12-10-13(17)4-9-16(12)20-2/h4,9-10,14-15H,3,5-8,11,18H2,1-2H3. The van der Waals surface area contributed by atoms with Crippen LogP contribution in [0.3, 0.4) is 0 Å². The normalized spacial score (nSPS) is 23.1. The minimum atomic E-state index is -0.206. The highest BCUT2D eigenvalue weighted by Gasteiger charge is 2.24. The second kappa shape index (κ2) is 7.04. The number of benzene rings is 1. The number of rotatable bonds is 5. The van der Waals surface area contributed by atoms with Crippen LogP contribution in [0.15, 0.2) is 18.2 Å². The molecular formula is C16H25FN2O. The molecule has 1 aliphatic rings. The Balaban J connectivity index is 2.08. The van der Waals surface area contributed by atoms with Gasteiger partial charge in [0.05, 0.1) is 7.11 Å². The number of nitrogens with two attached hydrogens (primary N) is 1. The molecule has 0 spiro atoms. The van der Waals surface area contributed by atoms with Crippen molar-refractivity contribution in [1.29, 1.82) is 0 Å². The fourth-order valence-electron chi connectivity index (χ4n) is 3.06. The summed E-state index contributed by atoms with van der Waals surface area (Å²) < 4.78 is 18.8. The van der Waals surface area contributed by atoms with Crippen molar-refractivity contribution >= 4 is 0 Å². The Kier molecular flexibility index (Phi) is 5.38. The molecule has 2 rings (SSSR count). The van der Waals surface area contributed by atoms with Gasteiger partial charge in [-0.25, -0.2) is 4.39 Å². The molecule has 112 valence electrons. The lowest BCUT2D eigenvalue weighted by molar-refractivity contribution is 0.148. The molecule has 3 nitrogen and oxygen atoms in total. The van der Waals surface area contributed by atoms with Gasteiger partial charge in [-0.15, -0.1) is 0 Å². The van der Waals surface area contributed by atoms with Gasteiger partial charge in [-0.05, 0) is 50.4 Å². The number of hydrogen-bond acceptors (Lipinski definition) is 3. The third kappa shape index (κ3) is 3.70. The van der Waals surface area contributed by atoms with E-state index in [4.69, 9.17) is 10.5 Å². The maximum atomic E-state index is 13.4. The zero-order valence-corrected chi connectivity index (χ0v) is 12.4. The molecule has 0 aliphatic heterocycles. The van der Waals surface area contributed by atoms with Gasteiger partial charge in [0.25, 0.3) is 0 Å². The van der Waals surface area contributed by atoms with E-state index in [1.807, 2.05) is 0 Å². The summed E-state index contributed by atoms with van der Waals surface area (Å²) in [6, 6.07) is 5.63. The first-order chi connectivity index (χ1) is 9.63. The Bertz CT molecular complexity index is 430. The van der Waals surface area contributed by atoms with Crippen molar-refractivity contribution in [1.82, 2.24) is 4.90 Å². The Labute approximate surface area is 120 Å². The van der Waals surface area contributed by atoms with Crippen LogP contribution in [0.5, 0.6) is 5.75 Å². The molecule has 0 amide bonds. The Morgan fingerprint density at radius 2 is 2.00 bits per heavy atom. The van der Waals surface area contributed by atoms with Gasteiger partial charge >= 0.3 is 0 Å². The zero-order chi connectivity index (χ0) is 14.5. The molecule has 1 aliphatic carbocycles. The average Bonchev–Trinajstić information content (AvgIpc) is 2.46. The van der Waals surface area contributed by atoms with Gasteiger partial charge in [0, 0.05) is 24.2 Å². The van der Waals surface area contributed by atoms with E-state index in [0.29, 0.717) is 12.1 Å². The van der Waals surface area contributed by atoms with Crippen molar-refractivity contribution in [2.24, 2.45) is 5.73 Å². The molecular weight excluding hydrogens is 255 g/mol. The van der Waals surface area contributed by atoms with Gasteiger partial charge in [-0.2, -0.15) is 0 Å². The van der Waals surface area contributed by atoms with Gasteiger partial charge in [-0.1, -0.05) is 6.92 Å². The number of hydrogen-bond donors (Lipinski definition) is 1. The SMILES string of the molecule is CCN(Cc1cc(F)ccc1OC)C1CCC(N)CC1. The molecule has 0 saturated heterocycles. The van der Waals surface area contributed by atoms with E-state index in [9.17, 15) is 4.39 Å². The molecule has 0 atom stereocenters. The number of halogens is 1. The number of methoxy groups -OCH3 is 1. The monoisotopic (exact) mass is 280 g/mol. The van der Waals surface area contributed by atoms with Crippen molar-refractivity contribution < 1.29 is 9.13 Å². The predicted octanol–water partition coefficient (Wildman–Crippen LogP) is 2.93. The van der Waals surface area contributed by atoms with Crippen LogP contribution in [0.1, 0.15) is 38.2 Å². The first-order valence-corrected chi connectivity index (χ1v) is 7.46. The van der Waals surface area contributed by atoms with Crippen molar-refractivity contribution in [2.45, 2.75) is 51.2 Å². The summed E-state index contributed by atoms with van der Waals surface area (Å²) in [5.74, 6) is 0.555. The van der Waals surface area contributed by atoms with E-state index in [1.165, 1.54) is 6.07 Å². The van der Waals surface area contributed by atoms with E-state index < -0.39 is 0 Å². The van der Waals surface area contributed by atoms with Crippen molar-refractivity contribution in [2.75, 3.05) is 13.7 Å². The fraction of sp³-hybridized carbons (Fsp3) is 0.625. The van der Waals surface area contributed by atoms with Gasteiger partial charge < -0.3 is 10.5 Å². The lowest BCUT2D eigenvalue weighted by Gasteiger charge is -2.35. The predicted molar refractivity (Wildman–Crippen MR) is 79.3 cm³/mol. The zero-order valence-electron chi connectivity index (χ0n) is 12.4. The smallest absolute Gasteiger partial charge is 0.123 e. The van der Waals surface area contributed by atoms with Gasteiger partial charge in [0.1, 0.15) is 11.6 Å². The highest BCUT2D eigenvalue weighted by Crippen LogP contribution is 2.26. The summed E-state index contributed by atoms with van der Waals surface area (Å²) in [6.45, 7) is 3.84. The van der Waals surface area contributed by atoms with E-state index in [2.05, 4.69) is 11.8 Å². The average molecular weight is 280 g/mol. The van der Waals surface area contributed by atoms with Gasteiger partial charge in [-0.3, -0.25) is 4.90 Å². The Hall–Kier alpha value is -1.13. The van der Waals surface area contributed by atoms with Crippen LogP contribution < -0.4 is 10.5 Å². The molecule has 0 unspecified atom stereocenters. The van der Waals surface area contributed by atoms with E-state index >= 15 is 0 Å². The molecule has 0 heterocycles. The highest BCUT2D eigenvalue weighted by atomic mass is 19.1. The molecule has 1 aromatic rings. The maximum Gasteiger partial charge on any atom is 0.123 e. The van der Waals surface area contributed by atoms with Gasteiger partial charge in [0.15, 0.2) is 0 Å². The third-order valence-corrected chi connectivity index (χ3v) is 4.28. The van der Waals surface area contributed by atoms with Crippen LogP contribution in [0, 0.1) is 5.82 Å². The van der Waals surface area contributed by atoms with E-state index in [0.717, 1.165) is 50.1 Å². The Morgan fingerprint density at radius 1 is 1.30 bits per heavy atom. The minimum Gasteiger partial charge on any atom is -0.496 e. The molecule has 1 aromatic carbocycles. The highest BCUT2D eigenvalue weighted by molar-refractivity contribution is 5.33. The number of nitrogens with zero attached hydrogens (tertiary/aromatic N) is 1. The van der Waals surface area contributed by atoms with Crippen molar-refractivity contribution in [3.8, 4) is 5.75 Å². The van der Waals surface area contributed by atoms with Crippen LogP contribution >= 0.6 is 0 Å². The van der Waals surface area contributed by atoms with Crippen LogP contribution in [0.25, 0.3) is 0 Å². The molecule has 20 heavy (non-hydrogen) atoms. The van der Waals surface area contributed by atoms with Crippen LogP contribution in [-0.4, -0.2) is 30.6 Å². The lowest BCUT2D eigenvalue weighted by Crippen LogP contribution is -2.40. The first-order valence-electron chi connectivity index (χ1n) is 7.46. The van der Waals surface area contributed by atoms with Crippen molar-refractivity contribution in [3.63, 3.8) is 0 Å². The molecule has 2 N–H and O–H groups in total. The largest absolute Gasteiger partial charge is 0.496 e. The summed E-state index contributed by atoms with van der Waals surface area (Å²) in [5, 5.41) is 0. The molecule has 1 fully saturated rings.